The van der Waals surface area contributed by atoms with E-state index in [0.29, 0.717) is 0 Å². The highest BCUT2D eigenvalue weighted by Crippen LogP contribution is 2.53. The molecule has 1 aromatic heterocycles. The molecule has 57 heavy (non-hydrogen) atoms. The molecule has 3 heterocycles. The van der Waals surface area contributed by atoms with Gasteiger partial charge in [0, 0.05) is 44.4 Å². The Kier molecular flexibility index (Phi) is 6.93. The fourth-order valence-corrected chi connectivity index (χ4v) is 9.49. The minimum absolute atomic E-state index is 1.11. The van der Waals surface area contributed by atoms with Gasteiger partial charge >= 0.3 is 0 Å². The van der Waals surface area contributed by atoms with E-state index in [0.717, 1.165) is 34.0 Å². The van der Waals surface area contributed by atoms with Gasteiger partial charge < -0.3 is 14.4 Å². The molecule has 9 aromatic carbocycles. The summed E-state index contributed by atoms with van der Waals surface area (Å²) in [5.41, 5.74) is 20.0. The zero-order valence-corrected chi connectivity index (χ0v) is 31.0. The monoisotopic (exact) mass is 725 g/mol. The van der Waals surface area contributed by atoms with Gasteiger partial charge in [0.2, 0.25) is 0 Å². The molecule has 0 aliphatic carbocycles. The third kappa shape index (κ3) is 4.66. The maximum atomic E-state index is 2.51. The molecular formula is C54H35N3. The summed E-state index contributed by atoms with van der Waals surface area (Å²) in [6.45, 7) is 0. The average Bonchev–Trinajstić information content (AvgIpc) is 3.55. The lowest BCUT2D eigenvalue weighted by Crippen LogP contribution is -2.15. The number of hydrogen-bond donors (Lipinski definition) is 0. The highest BCUT2D eigenvalue weighted by molar-refractivity contribution is 6.17. The first-order chi connectivity index (χ1) is 28.3. The van der Waals surface area contributed by atoms with Crippen LogP contribution >= 0.6 is 0 Å². The highest BCUT2D eigenvalue weighted by atomic mass is 15.2. The van der Waals surface area contributed by atoms with Crippen molar-refractivity contribution in [2.24, 2.45) is 0 Å². The molecule has 0 saturated heterocycles. The quantitative estimate of drug-likeness (QED) is 0.176. The van der Waals surface area contributed by atoms with E-state index in [1.807, 2.05) is 0 Å². The first kappa shape index (κ1) is 31.7. The molecule has 0 atom stereocenters. The van der Waals surface area contributed by atoms with Crippen molar-refractivity contribution in [2.75, 3.05) is 9.80 Å². The van der Waals surface area contributed by atoms with Crippen molar-refractivity contribution in [3.8, 4) is 50.2 Å². The molecule has 0 saturated carbocycles. The molecule has 0 spiro atoms. The third-order valence-electron chi connectivity index (χ3n) is 11.9. The molecule has 2 aliphatic rings. The molecule has 0 amide bonds. The summed E-state index contributed by atoms with van der Waals surface area (Å²) in [5, 5.41) is 2.42. The van der Waals surface area contributed by atoms with Gasteiger partial charge in [-0.3, -0.25) is 0 Å². The van der Waals surface area contributed by atoms with Crippen LogP contribution in [0.4, 0.5) is 34.1 Å². The van der Waals surface area contributed by atoms with E-state index < -0.39 is 0 Å². The Hall–Kier alpha value is -7.62. The number of rotatable bonds is 2. The first-order valence-corrected chi connectivity index (χ1v) is 19.6. The largest absolute Gasteiger partial charge is 0.309 e. The van der Waals surface area contributed by atoms with Crippen molar-refractivity contribution in [3.63, 3.8) is 0 Å². The Morgan fingerprint density at radius 1 is 0.246 bits per heavy atom. The van der Waals surface area contributed by atoms with Gasteiger partial charge in [-0.15, -0.1) is 0 Å². The van der Waals surface area contributed by atoms with E-state index >= 15 is 0 Å². The Morgan fingerprint density at radius 2 is 0.667 bits per heavy atom. The third-order valence-corrected chi connectivity index (χ3v) is 11.9. The number of anilines is 6. The molecule has 3 heteroatoms. The second-order valence-electron chi connectivity index (χ2n) is 14.9. The number of para-hydroxylation sites is 7. The summed E-state index contributed by atoms with van der Waals surface area (Å²) in [4.78, 5) is 4.90. The smallest absolute Gasteiger partial charge is 0.0703 e. The molecule has 0 N–H and O–H groups in total. The molecule has 0 fully saturated rings. The lowest BCUT2D eigenvalue weighted by molar-refractivity contribution is 1.15. The van der Waals surface area contributed by atoms with Crippen LogP contribution in [0.1, 0.15) is 0 Å². The number of fused-ring (bicyclic) bond motifs is 14. The van der Waals surface area contributed by atoms with Crippen LogP contribution in [-0.4, -0.2) is 4.57 Å². The maximum Gasteiger partial charge on any atom is 0.0703 e. The van der Waals surface area contributed by atoms with E-state index in [-0.39, 0.29) is 0 Å². The van der Waals surface area contributed by atoms with E-state index in [1.165, 1.54) is 72.2 Å². The summed E-state index contributed by atoms with van der Waals surface area (Å²) in [5.74, 6) is 0. The Morgan fingerprint density at radius 3 is 1.23 bits per heavy atom. The van der Waals surface area contributed by atoms with Crippen molar-refractivity contribution < 1.29 is 0 Å². The van der Waals surface area contributed by atoms with Crippen LogP contribution in [0.2, 0.25) is 0 Å². The second-order valence-corrected chi connectivity index (χ2v) is 14.9. The number of nitrogens with zero attached hydrogens (tertiary/aromatic N) is 3. The SMILES string of the molecule is c1ccc(N2c3ccccc3-c3ccccc3-c3cccc4c5cc(N6c7ccccc7-c7ccccc7-c7ccccc76)ccc5n(c34)-c3ccccc32)cc1. The van der Waals surface area contributed by atoms with Crippen LogP contribution in [0.3, 0.4) is 0 Å². The van der Waals surface area contributed by atoms with Crippen LogP contribution in [0.25, 0.3) is 72.0 Å². The summed E-state index contributed by atoms with van der Waals surface area (Å²) in [7, 11) is 0. The molecule has 0 unspecified atom stereocenters. The Labute approximate surface area is 331 Å². The van der Waals surface area contributed by atoms with Crippen molar-refractivity contribution in [1.29, 1.82) is 0 Å². The summed E-state index contributed by atoms with van der Waals surface area (Å²) < 4.78 is 2.51. The highest BCUT2D eigenvalue weighted by Gasteiger charge is 2.29. The van der Waals surface area contributed by atoms with Gasteiger partial charge in [-0.2, -0.15) is 0 Å². The van der Waals surface area contributed by atoms with Gasteiger partial charge in [-0.05, 0) is 82.9 Å². The molecule has 2 aliphatic heterocycles. The number of benzene rings is 9. The lowest BCUT2D eigenvalue weighted by atomic mass is 9.91. The molecular weight excluding hydrogens is 691 g/mol. The van der Waals surface area contributed by atoms with Crippen LogP contribution in [0, 0.1) is 0 Å². The zero-order valence-electron chi connectivity index (χ0n) is 31.0. The van der Waals surface area contributed by atoms with Crippen LogP contribution < -0.4 is 9.80 Å². The van der Waals surface area contributed by atoms with E-state index in [9.17, 15) is 0 Å². The Bertz CT molecular complexity index is 3140. The summed E-state index contributed by atoms with van der Waals surface area (Å²) in [6.07, 6.45) is 0. The van der Waals surface area contributed by atoms with Gasteiger partial charge in [0.15, 0.2) is 0 Å². The molecule has 12 rings (SSSR count). The molecule has 266 valence electrons. The minimum atomic E-state index is 1.11. The lowest BCUT2D eigenvalue weighted by Gasteiger charge is -2.31. The second kappa shape index (κ2) is 12.5. The van der Waals surface area contributed by atoms with Crippen LogP contribution in [0.5, 0.6) is 0 Å². The fraction of sp³-hybridized carbons (Fsp3) is 0. The summed E-state index contributed by atoms with van der Waals surface area (Å²) in [6, 6.07) is 77.8. The number of aromatic nitrogens is 1. The summed E-state index contributed by atoms with van der Waals surface area (Å²) >= 11 is 0. The maximum absolute atomic E-state index is 2.51. The van der Waals surface area contributed by atoms with Crippen molar-refractivity contribution in [3.05, 3.63) is 212 Å². The van der Waals surface area contributed by atoms with Crippen molar-refractivity contribution in [2.45, 2.75) is 0 Å². The van der Waals surface area contributed by atoms with Crippen LogP contribution in [-0.2, 0) is 0 Å². The van der Waals surface area contributed by atoms with E-state index in [1.54, 1.807) is 0 Å². The minimum Gasteiger partial charge on any atom is -0.309 e. The standard InChI is InChI=1S/C54H35N3/c1-2-17-36(18-3-1)55-48-28-11-8-25-44(48)40-21-6-7-22-41(40)45-26-16-27-46-47-35-37(33-34-51(47)57(54(45)46)53-32-15-14-31-52(53)55)56-49-29-12-9-23-42(49)38-19-4-5-20-39(38)43-24-10-13-30-50(43)56/h1-35H. The average molecular weight is 726 g/mol. The predicted molar refractivity (Wildman–Crippen MR) is 239 cm³/mol. The Balaban J connectivity index is 1.20. The van der Waals surface area contributed by atoms with Crippen molar-refractivity contribution in [1.82, 2.24) is 4.57 Å². The normalized spacial score (nSPS) is 12.5. The molecule has 10 aromatic rings. The van der Waals surface area contributed by atoms with Crippen LogP contribution in [0.15, 0.2) is 212 Å². The fourth-order valence-electron chi connectivity index (χ4n) is 9.49. The van der Waals surface area contributed by atoms with Gasteiger partial charge in [-0.25, -0.2) is 0 Å². The molecule has 0 radical (unpaired) electrons. The van der Waals surface area contributed by atoms with Gasteiger partial charge in [0.05, 0.1) is 39.5 Å². The van der Waals surface area contributed by atoms with E-state index in [2.05, 4.69) is 227 Å². The van der Waals surface area contributed by atoms with Gasteiger partial charge in [0.1, 0.15) is 0 Å². The topological polar surface area (TPSA) is 11.4 Å². The van der Waals surface area contributed by atoms with Gasteiger partial charge in [-0.1, -0.05) is 152 Å². The first-order valence-electron chi connectivity index (χ1n) is 19.6. The van der Waals surface area contributed by atoms with E-state index in [4.69, 9.17) is 0 Å². The predicted octanol–water partition coefficient (Wildman–Crippen LogP) is 15.0. The van der Waals surface area contributed by atoms with Gasteiger partial charge in [0.25, 0.3) is 0 Å². The molecule has 0 bridgehead atoms. The van der Waals surface area contributed by atoms with Crippen molar-refractivity contribution >= 4 is 55.9 Å². The number of hydrogen-bond acceptors (Lipinski definition) is 2. The zero-order chi connectivity index (χ0) is 37.5. The molecule has 3 nitrogen and oxygen atoms in total.